The Bertz CT molecular complexity index is 466. The Morgan fingerprint density at radius 3 is 1.32 bits per heavy atom. The van der Waals surface area contributed by atoms with Gasteiger partial charge in [-0.25, -0.2) is 0 Å². The third kappa shape index (κ3) is 22.2. The number of esters is 1. The van der Waals surface area contributed by atoms with Crippen LogP contribution in [-0.4, -0.2) is 52.2 Å². The van der Waals surface area contributed by atoms with E-state index in [9.17, 15) is 4.79 Å². The van der Waals surface area contributed by atoms with Crippen molar-refractivity contribution in [3.8, 4) is 0 Å². The fourth-order valence-electron chi connectivity index (χ4n) is 4.98. The van der Waals surface area contributed by atoms with Gasteiger partial charge in [0.1, 0.15) is 6.61 Å². The van der Waals surface area contributed by atoms with Gasteiger partial charge < -0.3 is 18.9 Å². The van der Waals surface area contributed by atoms with E-state index in [0.29, 0.717) is 39.6 Å². The van der Waals surface area contributed by atoms with Gasteiger partial charge in [0.15, 0.2) is 0 Å². The second-order valence-electron chi connectivity index (χ2n) is 11.1. The molecule has 0 spiro atoms. The van der Waals surface area contributed by atoms with Crippen molar-refractivity contribution < 1.29 is 23.7 Å². The van der Waals surface area contributed by atoms with E-state index in [-0.39, 0.29) is 11.4 Å². The molecular formula is C33H66O5. The van der Waals surface area contributed by atoms with Crippen molar-refractivity contribution in [2.45, 2.75) is 156 Å². The molecule has 0 saturated heterocycles. The Morgan fingerprint density at radius 1 is 0.447 bits per heavy atom. The van der Waals surface area contributed by atoms with Gasteiger partial charge in [-0.1, -0.05) is 124 Å². The summed E-state index contributed by atoms with van der Waals surface area (Å²) < 4.78 is 22.7. The standard InChI is InChI=1S/C33H66O5/c1-5-9-12-15-17-19-23-33(8-4,24-20-18-16-13-10-6-2)32(34)38-31-30-37-27-22-26-36-29-28-35-25-21-14-11-7-3/h5-31H2,1-4H3. The van der Waals surface area contributed by atoms with Gasteiger partial charge in [-0.2, -0.15) is 0 Å². The minimum absolute atomic E-state index is 0.00347. The molecule has 0 heterocycles. The first-order valence-electron chi connectivity index (χ1n) is 16.6. The maximum atomic E-state index is 13.3. The summed E-state index contributed by atoms with van der Waals surface area (Å²) in [5.74, 6) is 0.00347. The van der Waals surface area contributed by atoms with Gasteiger partial charge in [0, 0.05) is 19.8 Å². The normalized spacial score (nSPS) is 11.8. The lowest BCUT2D eigenvalue weighted by atomic mass is 9.75. The molecule has 228 valence electrons. The van der Waals surface area contributed by atoms with E-state index in [0.717, 1.165) is 51.6 Å². The second-order valence-corrected chi connectivity index (χ2v) is 11.1. The highest BCUT2D eigenvalue weighted by Gasteiger charge is 2.37. The summed E-state index contributed by atoms with van der Waals surface area (Å²) in [6.07, 6.45) is 23.6. The Morgan fingerprint density at radius 2 is 0.842 bits per heavy atom. The molecule has 0 aliphatic carbocycles. The van der Waals surface area contributed by atoms with Crippen molar-refractivity contribution in [3.63, 3.8) is 0 Å². The number of ether oxygens (including phenoxy) is 4. The van der Waals surface area contributed by atoms with Crippen molar-refractivity contribution in [2.75, 3.05) is 46.2 Å². The Balaban J connectivity index is 4.12. The molecule has 0 rings (SSSR count). The quantitative estimate of drug-likeness (QED) is 0.0645. The minimum Gasteiger partial charge on any atom is -0.463 e. The van der Waals surface area contributed by atoms with E-state index in [1.165, 1.54) is 83.5 Å². The summed E-state index contributed by atoms with van der Waals surface area (Å²) in [7, 11) is 0. The van der Waals surface area contributed by atoms with Crippen LogP contribution in [0.5, 0.6) is 0 Å². The summed E-state index contributed by atoms with van der Waals surface area (Å²) in [5.41, 5.74) is -0.318. The highest BCUT2D eigenvalue weighted by atomic mass is 16.6. The number of carbonyl (C=O) groups is 1. The second kappa shape index (κ2) is 29.3. The lowest BCUT2D eigenvalue weighted by Gasteiger charge is -2.31. The van der Waals surface area contributed by atoms with Crippen LogP contribution in [0.4, 0.5) is 0 Å². The van der Waals surface area contributed by atoms with E-state index < -0.39 is 0 Å². The number of rotatable bonds is 31. The lowest BCUT2D eigenvalue weighted by molar-refractivity contribution is -0.159. The molecule has 5 heteroatoms. The van der Waals surface area contributed by atoms with E-state index in [2.05, 4.69) is 27.7 Å². The summed E-state index contributed by atoms with van der Waals surface area (Å²) in [5, 5.41) is 0. The smallest absolute Gasteiger partial charge is 0.312 e. The lowest BCUT2D eigenvalue weighted by Crippen LogP contribution is -2.33. The molecule has 5 nitrogen and oxygen atoms in total. The molecule has 0 bridgehead atoms. The van der Waals surface area contributed by atoms with Crippen molar-refractivity contribution >= 4 is 5.97 Å². The minimum atomic E-state index is -0.318. The van der Waals surface area contributed by atoms with Crippen molar-refractivity contribution in [3.05, 3.63) is 0 Å². The van der Waals surface area contributed by atoms with Gasteiger partial charge >= 0.3 is 5.97 Å². The number of hydrogen-bond acceptors (Lipinski definition) is 5. The zero-order valence-electron chi connectivity index (χ0n) is 26.1. The van der Waals surface area contributed by atoms with Crippen LogP contribution in [0.3, 0.4) is 0 Å². The van der Waals surface area contributed by atoms with Crippen LogP contribution in [0.25, 0.3) is 0 Å². The maximum absolute atomic E-state index is 13.3. The third-order valence-corrected chi connectivity index (χ3v) is 7.68. The number of unbranched alkanes of at least 4 members (excludes halogenated alkanes) is 13. The zero-order chi connectivity index (χ0) is 28.0. The Hall–Kier alpha value is -0.650. The van der Waals surface area contributed by atoms with Crippen LogP contribution in [0.1, 0.15) is 156 Å². The van der Waals surface area contributed by atoms with E-state index in [1.54, 1.807) is 0 Å². The van der Waals surface area contributed by atoms with E-state index in [1.807, 2.05) is 0 Å². The molecule has 0 N–H and O–H groups in total. The fraction of sp³-hybridized carbons (Fsp3) is 0.970. The van der Waals surface area contributed by atoms with Crippen molar-refractivity contribution in [1.82, 2.24) is 0 Å². The summed E-state index contributed by atoms with van der Waals surface area (Å²) in [6, 6.07) is 0. The first-order valence-corrected chi connectivity index (χ1v) is 16.6. The Kier molecular flexibility index (Phi) is 28.8. The van der Waals surface area contributed by atoms with Crippen LogP contribution in [0.2, 0.25) is 0 Å². The molecule has 0 amide bonds. The molecule has 0 unspecified atom stereocenters. The molecule has 0 aromatic carbocycles. The Labute approximate surface area is 237 Å². The van der Waals surface area contributed by atoms with Gasteiger partial charge in [0.2, 0.25) is 0 Å². The SMILES string of the molecule is CCCCCCCCC(CC)(CCCCCCCC)C(=O)OCCOCCCOCCOCCCCCC. The first kappa shape index (κ1) is 37.4. The molecule has 0 fully saturated rings. The predicted octanol–water partition coefficient (Wildman–Crippen LogP) is 9.45. The molecular weight excluding hydrogens is 476 g/mol. The van der Waals surface area contributed by atoms with Crippen LogP contribution in [0, 0.1) is 5.41 Å². The molecule has 0 aromatic rings. The van der Waals surface area contributed by atoms with Crippen LogP contribution in [-0.2, 0) is 23.7 Å². The highest BCUT2D eigenvalue weighted by molar-refractivity contribution is 5.76. The van der Waals surface area contributed by atoms with Crippen LogP contribution >= 0.6 is 0 Å². The topological polar surface area (TPSA) is 54.0 Å². The molecule has 0 atom stereocenters. The third-order valence-electron chi connectivity index (χ3n) is 7.68. The average molecular weight is 543 g/mol. The van der Waals surface area contributed by atoms with Crippen molar-refractivity contribution in [1.29, 1.82) is 0 Å². The monoisotopic (exact) mass is 542 g/mol. The predicted molar refractivity (Wildman–Crippen MR) is 161 cm³/mol. The van der Waals surface area contributed by atoms with E-state index in [4.69, 9.17) is 18.9 Å². The molecule has 0 aliphatic rings. The van der Waals surface area contributed by atoms with Crippen LogP contribution in [0.15, 0.2) is 0 Å². The van der Waals surface area contributed by atoms with Gasteiger partial charge in [-0.05, 0) is 32.1 Å². The van der Waals surface area contributed by atoms with Crippen LogP contribution < -0.4 is 0 Å². The number of hydrogen-bond donors (Lipinski definition) is 0. The highest BCUT2D eigenvalue weighted by Crippen LogP contribution is 2.37. The summed E-state index contributed by atoms with van der Waals surface area (Å²) in [6.45, 7) is 13.1. The van der Waals surface area contributed by atoms with Gasteiger partial charge in [0.05, 0.1) is 25.2 Å². The van der Waals surface area contributed by atoms with Gasteiger partial charge in [-0.3, -0.25) is 4.79 Å². The molecule has 38 heavy (non-hydrogen) atoms. The largest absolute Gasteiger partial charge is 0.463 e. The summed E-state index contributed by atoms with van der Waals surface area (Å²) in [4.78, 5) is 13.3. The summed E-state index contributed by atoms with van der Waals surface area (Å²) >= 11 is 0. The van der Waals surface area contributed by atoms with E-state index >= 15 is 0 Å². The maximum Gasteiger partial charge on any atom is 0.312 e. The van der Waals surface area contributed by atoms with Gasteiger partial charge in [0.25, 0.3) is 0 Å². The van der Waals surface area contributed by atoms with Crippen molar-refractivity contribution in [2.24, 2.45) is 5.41 Å². The molecule has 0 aliphatic heterocycles. The fourth-order valence-corrected chi connectivity index (χ4v) is 4.98. The van der Waals surface area contributed by atoms with Gasteiger partial charge in [-0.15, -0.1) is 0 Å². The number of carbonyl (C=O) groups excluding carboxylic acids is 1. The molecule has 0 aromatic heterocycles. The zero-order valence-corrected chi connectivity index (χ0v) is 26.1. The molecule has 0 saturated carbocycles. The first-order chi connectivity index (χ1) is 18.7. The average Bonchev–Trinajstić information content (AvgIpc) is 2.93. The molecule has 0 radical (unpaired) electrons.